The molecule has 5 heteroatoms. The van der Waals surface area contributed by atoms with E-state index < -0.39 is 0 Å². The number of ether oxygens (including phenoxy) is 2. The minimum atomic E-state index is -0.327. The van der Waals surface area contributed by atoms with Crippen molar-refractivity contribution in [3.8, 4) is 5.75 Å². The molecule has 3 N–H and O–H groups in total. The third kappa shape index (κ3) is 3.15. The SMILES string of the molecule is CCC(OC)C(NN)c1cc(F)ccc1OC. The molecule has 0 aromatic heterocycles. The maximum Gasteiger partial charge on any atom is 0.123 e. The molecular weight excluding hydrogens is 223 g/mol. The monoisotopic (exact) mass is 242 g/mol. The van der Waals surface area contributed by atoms with Gasteiger partial charge in [0.25, 0.3) is 0 Å². The van der Waals surface area contributed by atoms with Crippen LogP contribution in [0.1, 0.15) is 24.9 Å². The van der Waals surface area contributed by atoms with Gasteiger partial charge in [-0.15, -0.1) is 0 Å². The van der Waals surface area contributed by atoms with Gasteiger partial charge in [0.15, 0.2) is 0 Å². The Morgan fingerprint density at radius 1 is 1.41 bits per heavy atom. The fourth-order valence-electron chi connectivity index (χ4n) is 1.88. The third-order valence-corrected chi connectivity index (χ3v) is 2.78. The quantitative estimate of drug-likeness (QED) is 0.589. The summed E-state index contributed by atoms with van der Waals surface area (Å²) in [4.78, 5) is 0. The van der Waals surface area contributed by atoms with Crippen LogP contribution in [0.2, 0.25) is 0 Å². The smallest absolute Gasteiger partial charge is 0.123 e. The van der Waals surface area contributed by atoms with Crippen LogP contribution >= 0.6 is 0 Å². The van der Waals surface area contributed by atoms with Gasteiger partial charge < -0.3 is 9.47 Å². The minimum Gasteiger partial charge on any atom is -0.496 e. The number of methoxy groups -OCH3 is 2. The molecule has 96 valence electrons. The molecule has 1 aromatic rings. The van der Waals surface area contributed by atoms with Crippen molar-refractivity contribution >= 4 is 0 Å². The number of nitrogens with one attached hydrogen (secondary N) is 1. The highest BCUT2D eigenvalue weighted by molar-refractivity contribution is 5.37. The van der Waals surface area contributed by atoms with Crippen molar-refractivity contribution in [1.82, 2.24) is 5.43 Å². The largest absolute Gasteiger partial charge is 0.496 e. The van der Waals surface area contributed by atoms with Crippen LogP contribution in [-0.4, -0.2) is 20.3 Å². The molecule has 17 heavy (non-hydrogen) atoms. The maximum absolute atomic E-state index is 13.3. The van der Waals surface area contributed by atoms with Crippen molar-refractivity contribution in [1.29, 1.82) is 0 Å². The summed E-state index contributed by atoms with van der Waals surface area (Å²) in [6.45, 7) is 1.98. The van der Waals surface area contributed by atoms with E-state index in [4.69, 9.17) is 15.3 Å². The second-order valence-corrected chi connectivity index (χ2v) is 3.71. The Kier molecular flexibility index (Phi) is 5.34. The molecule has 0 aliphatic rings. The van der Waals surface area contributed by atoms with Crippen molar-refractivity contribution < 1.29 is 13.9 Å². The van der Waals surface area contributed by atoms with Crippen LogP contribution in [0.25, 0.3) is 0 Å². The van der Waals surface area contributed by atoms with E-state index in [-0.39, 0.29) is 18.0 Å². The molecule has 0 fully saturated rings. The van der Waals surface area contributed by atoms with Crippen molar-refractivity contribution in [3.63, 3.8) is 0 Å². The molecule has 0 aliphatic heterocycles. The molecule has 0 radical (unpaired) electrons. The summed E-state index contributed by atoms with van der Waals surface area (Å²) in [6, 6.07) is 4.03. The lowest BCUT2D eigenvalue weighted by Crippen LogP contribution is -2.37. The van der Waals surface area contributed by atoms with Gasteiger partial charge in [0.1, 0.15) is 11.6 Å². The van der Waals surface area contributed by atoms with Crippen LogP contribution in [-0.2, 0) is 4.74 Å². The van der Waals surface area contributed by atoms with E-state index in [2.05, 4.69) is 5.43 Å². The van der Waals surface area contributed by atoms with Gasteiger partial charge >= 0.3 is 0 Å². The van der Waals surface area contributed by atoms with Gasteiger partial charge in [-0.05, 0) is 24.6 Å². The second-order valence-electron chi connectivity index (χ2n) is 3.71. The molecule has 0 amide bonds. The molecule has 0 saturated heterocycles. The summed E-state index contributed by atoms with van der Waals surface area (Å²) in [7, 11) is 3.14. The zero-order valence-electron chi connectivity index (χ0n) is 10.4. The molecule has 1 aromatic carbocycles. The molecule has 2 unspecified atom stereocenters. The van der Waals surface area contributed by atoms with E-state index >= 15 is 0 Å². The zero-order valence-corrected chi connectivity index (χ0v) is 10.4. The van der Waals surface area contributed by atoms with Crippen molar-refractivity contribution in [2.24, 2.45) is 5.84 Å². The van der Waals surface area contributed by atoms with Crippen molar-refractivity contribution in [3.05, 3.63) is 29.6 Å². The first-order valence-corrected chi connectivity index (χ1v) is 5.50. The van der Waals surface area contributed by atoms with Crippen molar-refractivity contribution in [2.75, 3.05) is 14.2 Å². The Morgan fingerprint density at radius 2 is 2.12 bits per heavy atom. The van der Waals surface area contributed by atoms with Gasteiger partial charge in [-0.3, -0.25) is 11.3 Å². The molecular formula is C12H19FN2O2. The van der Waals surface area contributed by atoms with E-state index in [1.807, 2.05) is 6.92 Å². The Balaban J connectivity index is 3.13. The lowest BCUT2D eigenvalue weighted by Gasteiger charge is -2.26. The minimum absolute atomic E-state index is 0.143. The van der Waals surface area contributed by atoms with Crippen LogP contribution in [0.5, 0.6) is 5.75 Å². The van der Waals surface area contributed by atoms with Gasteiger partial charge in [-0.25, -0.2) is 4.39 Å². The predicted molar refractivity (Wildman–Crippen MR) is 64.1 cm³/mol. The Morgan fingerprint density at radius 3 is 2.59 bits per heavy atom. The lowest BCUT2D eigenvalue weighted by molar-refractivity contribution is 0.0642. The second kappa shape index (κ2) is 6.54. The van der Waals surface area contributed by atoms with Gasteiger partial charge in [-0.1, -0.05) is 6.92 Å². The van der Waals surface area contributed by atoms with Crippen molar-refractivity contribution in [2.45, 2.75) is 25.5 Å². The van der Waals surface area contributed by atoms with E-state index in [9.17, 15) is 4.39 Å². The van der Waals surface area contributed by atoms with Gasteiger partial charge in [-0.2, -0.15) is 0 Å². The molecule has 2 atom stereocenters. The first kappa shape index (κ1) is 13.9. The Hall–Kier alpha value is -1.17. The zero-order chi connectivity index (χ0) is 12.8. The summed E-state index contributed by atoms with van der Waals surface area (Å²) in [5, 5.41) is 0. The Labute approximate surface area is 101 Å². The van der Waals surface area contributed by atoms with Crippen LogP contribution in [0.4, 0.5) is 4.39 Å². The number of halogens is 1. The Bertz CT molecular complexity index is 356. The van der Waals surface area contributed by atoms with Crippen LogP contribution in [0.3, 0.4) is 0 Å². The summed E-state index contributed by atoms with van der Waals surface area (Å²) in [5.41, 5.74) is 3.31. The highest BCUT2D eigenvalue weighted by Crippen LogP contribution is 2.29. The molecule has 0 bridgehead atoms. The number of rotatable bonds is 6. The first-order chi connectivity index (χ1) is 8.17. The summed E-state index contributed by atoms with van der Waals surface area (Å²) < 4.78 is 23.8. The molecule has 0 spiro atoms. The fraction of sp³-hybridized carbons (Fsp3) is 0.500. The van der Waals surface area contributed by atoms with Gasteiger partial charge in [0, 0.05) is 12.7 Å². The molecule has 0 heterocycles. The average molecular weight is 242 g/mol. The van der Waals surface area contributed by atoms with E-state index in [1.54, 1.807) is 13.2 Å². The number of hydrogen-bond acceptors (Lipinski definition) is 4. The number of hydrazine groups is 1. The highest BCUT2D eigenvalue weighted by atomic mass is 19.1. The van der Waals surface area contributed by atoms with Crippen LogP contribution in [0.15, 0.2) is 18.2 Å². The predicted octanol–water partition coefficient (Wildman–Crippen LogP) is 1.76. The average Bonchev–Trinajstić information content (AvgIpc) is 2.35. The third-order valence-electron chi connectivity index (χ3n) is 2.78. The molecule has 4 nitrogen and oxygen atoms in total. The summed E-state index contributed by atoms with van der Waals surface area (Å²) in [5.74, 6) is 5.78. The molecule has 0 saturated carbocycles. The lowest BCUT2D eigenvalue weighted by atomic mass is 9.99. The van der Waals surface area contributed by atoms with E-state index in [0.717, 1.165) is 6.42 Å². The number of nitrogens with two attached hydrogens (primary N) is 1. The summed E-state index contributed by atoms with van der Waals surface area (Å²) >= 11 is 0. The summed E-state index contributed by atoms with van der Waals surface area (Å²) in [6.07, 6.45) is 0.612. The number of hydrogen-bond donors (Lipinski definition) is 2. The van der Waals surface area contributed by atoms with Gasteiger partial charge in [0.2, 0.25) is 0 Å². The van der Waals surface area contributed by atoms with E-state index in [1.165, 1.54) is 19.2 Å². The topological polar surface area (TPSA) is 56.5 Å². The standard InChI is InChI=1S/C12H19FN2O2/c1-4-10(16-2)12(15-14)9-7-8(13)5-6-11(9)17-3/h5-7,10,12,15H,4,14H2,1-3H3. The maximum atomic E-state index is 13.3. The van der Waals surface area contributed by atoms with Gasteiger partial charge in [0.05, 0.1) is 19.3 Å². The van der Waals surface area contributed by atoms with Crippen LogP contribution in [0, 0.1) is 5.82 Å². The molecule has 0 aliphatic carbocycles. The first-order valence-electron chi connectivity index (χ1n) is 5.50. The molecule has 1 rings (SSSR count). The highest BCUT2D eigenvalue weighted by Gasteiger charge is 2.24. The number of benzene rings is 1. The fourth-order valence-corrected chi connectivity index (χ4v) is 1.88. The normalized spacial score (nSPS) is 14.4. The van der Waals surface area contributed by atoms with Crippen LogP contribution < -0.4 is 16.0 Å². The van der Waals surface area contributed by atoms with E-state index in [0.29, 0.717) is 11.3 Å².